The molecule has 0 unspecified atom stereocenters. The predicted octanol–water partition coefficient (Wildman–Crippen LogP) is -1.36. The van der Waals surface area contributed by atoms with Gasteiger partial charge in [-0.15, -0.1) is 5.10 Å². The Bertz CT molecular complexity index is 777. The summed E-state index contributed by atoms with van der Waals surface area (Å²) in [5.41, 5.74) is 1.99. The van der Waals surface area contributed by atoms with E-state index >= 15 is 0 Å². The summed E-state index contributed by atoms with van der Waals surface area (Å²) in [6.45, 7) is 1.44. The van der Waals surface area contributed by atoms with Crippen molar-refractivity contribution in [2.45, 2.75) is 6.92 Å². The lowest BCUT2D eigenvalue weighted by atomic mass is 10.1. The molecule has 11 heteroatoms. The largest absolute Gasteiger partial charge is 0.326 e. The average molecular weight is 301 g/mol. The van der Waals surface area contributed by atoms with Crippen LogP contribution < -0.4 is 10.1 Å². The maximum Gasteiger partial charge on any atom is 0.231 e. The number of carbonyl (C=O) groups is 1. The summed E-state index contributed by atoms with van der Waals surface area (Å²) in [5, 5.41) is 25.4. The summed E-state index contributed by atoms with van der Waals surface area (Å²) in [6, 6.07) is 5.36. The Hall–Kier alpha value is -3.24. The summed E-state index contributed by atoms with van der Waals surface area (Å²) in [7, 11) is 3.44. The second-order valence-electron chi connectivity index (χ2n) is 4.62. The molecule has 0 spiro atoms. The van der Waals surface area contributed by atoms with Crippen LogP contribution in [0.25, 0.3) is 17.1 Å². The molecule has 0 radical (unpaired) electrons. The molecule has 0 atom stereocenters. The third-order valence-corrected chi connectivity index (χ3v) is 2.92. The first-order valence-corrected chi connectivity index (χ1v) is 6.35. The van der Waals surface area contributed by atoms with Crippen LogP contribution in [0.4, 0.5) is 5.69 Å². The zero-order valence-corrected chi connectivity index (χ0v) is 12.2. The number of nitrogens with one attached hydrogen (secondary N) is 1. The molecule has 0 aliphatic rings. The van der Waals surface area contributed by atoms with E-state index in [1.165, 1.54) is 21.2 Å². The van der Waals surface area contributed by atoms with Crippen molar-refractivity contribution in [1.82, 2.24) is 40.6 Å². The third kappa shape index (κ3) is 2.51. The normalized spacial score (nSPS) is 10.7. The van der Waals surface area contributed by atoms with E-state index in [-0.39, 0.29) is 5.91 Å². The fourth-order valence-corrected chi connectivity index (χ4v) is 2.03. The molecule has 22 heavy (non-hydrogen) atoms. The summed E-state index contributed by atoms with van der Waals surface area (Å²) in [6.07, 6.45) is 0. The monoisotopic (exact) mass is 301 g/mol. The molecule has 1 N–H and O–H groups in total. The minimum Gasteiger partial charge on any atom is -0.326 e. The highest BCUT2D eigenvalue weighted by molar-refractivity contribution is 5.90. The van der Waals surface area contributed by atoms with Gasteiger partial charge in [0.05, 0.1) is 0 Å². The van der Waals surface area contributed by atoms with Crippen molar-refractivity contribution in [3.8, 4) is 17.1 Å². The van der Waals surface area contributed by atoms with Crippen LogP contribution in [0, 0.1) is 0 Å². The Balaban J connectivity index is 2.16. The van der Waals surface area contributed by atoms with Crippen LogP contribution in [0.15, 0.2) is 18.2 Å². The summed E-state index contributed by atoms with van der Waals surface area (Å²) < 4.78 is 1.54. The highest BCUT2D eigenvalue weighted by Crippen LogP contribution is 2.23. The molecule has 0 fully saturated rings. The Kier molecular flexibility index (Phi) is 3.29. The van der Waals surface area contributed by atoms with Crippen LogP contribution in [0.5, 0.6) is 0 Å². The first-order valence-electron chi connectivity index (χ1n) is 6.35. The standard InChI is InChI=1S/C11H12N10O/c1-7(22)12-9-4-8(11-13-14-16-19(11)2)5-10(6-9)21-18-15-17-20(21)3/h4-6H,1-3H3/p+1. The summed E-state index contributed by atoms with van der Waals surface area (Å²) in [5.74, 6) is 0.379. The van der Waals surface area contributed by atoms with Crippen molar-refractivity contribution in [1.29, 1.82) is 0 Å². The third-order valence-electron chi connectivity index (χ3n) is 2.92. The van der Waals surface area contributed by atoms with Gasteiger partial charge in [0.1, 0.15) is 17.9 Å². The van der Waals surface area contributed by atoms with Gasteiger partial charge >= 0.3 is 0 Å². The van der Waals surface area contributed by atoms with Gasteiger partial charge in [0.15, 0.2) is 5.82 Å². The molecule has 1 aromatic carbocycles. The van der Waals surface area contributed by atoms with E-state index in [0.29, 0.717) is 17.2 Å². The number of nitrogens with zero attached hydrogens (tertiary/aromatic N) is 9. The van der Waals surface area contributed by atoms with Crippen LogP contribution in [-0.2, 0) is 18.9 Å². The van der Waals surface area contributed by atoms with Crippen molar-refractivity contribution < 1.29 is 9.59 Å². The fraction of sp³-hybridized carbons (Fsp3) is 0.273. The number of aromatic nitrogens is 9. The van der Waals surface area contributed by atoms with Crippen LogP contribution in [0.1, 0.15) is 6.92 Å². The number of hydrogen-bond acceptors (Lipinski definition) is 7. The number of tetrazole rings is 1. The van der Waals surface area contributed by atoms with E-state index in [0.717, 1.165) is 5.56 Å². The number of carbonyl (C=O) groups excluding carboxylic acids is 1. The fourth-order valence-electron chi connectivity index (χ4n) is 2.03. The van der Waals surface area contributed by atoms with Crippen molar-refractivity contribution in [2.75, 3.05) is 5.32 Å². The Morgan fingerprint density at radius 1 is 1.23 bits per heavy atom. The van der Waals surface area contributed by atoms with Crippen molar-refractivity contribution >= 4 is 11.6 Å². The molecule has 2 heterocycles. The number of anilines is 1. The zero-order valence-electron chi connectivity index (χ0n) is 12.2. The van der Waals surface area contributed by atoms with Gasteiger partial charge in [0.25, 0.3) is 0 Å². The number of amides is 1. The minimum absolute atomic E-state index is 0.180. The zero-order chi connectivity index (χ0) is 15.7. The van der Waals surface area contributed by atoms with Crippen LogP contribution in [0.2, 0.25) is 0 Å². The van der Waals surface area contributed by atoms with E-state index in [2.05, 4.69) is 36.5 Å². The van der Waals surface area contributed by atoms with E-state index in [9.17, 15) is 4.79 Å². The minimum atomic E-state index is -0.180. The first kappa shape index (κ1) is 13.7. The molecule has 0 saturated carbocycles. The lowest BCUT2D eigenvalue weighted by molar-refractivity contribution is -0.802. The molecule has 0 aliphatic heterocycles. The molecule has 112 valence electrons. The molecule has 0 bridgehead atoms. The van der Waals surface area contributed by atoms with Gasteiger partial charge in [0, 0.05) is 25.2 Å². The maximum absolute atomic E-state index is 11.3. The van der Waals surface area contributed by atoms with Gasteiger partial charge in [0.2, 0.25) is 16.3 Å². The smallest absolute Gasteiger partial charge is 0.231 e. The van der Waals surface area contributed by atoms with Crippen LogP contribution in [-0.4, -0.2) is 46.6 Å². The van der Waals surface area contributed by atoms with Gasteiger partial charge in [-0.2, -0.15) is 0 Å². The van der Waals surface area contributed by atoms with E-state index < -0.39 is 0 Å². The highest BCUT2D eigenvalue weighted by atomic mass is 16.1. The summed E-state index contributed by atoms with van der Waals surface area (Å²) in [4.78, 5) is 14.3. The highest BCUT2D eigenvalue weighted by Gasteiger charge is 2.16. The first-order chi connectivity index (χ1) is 10.5. The molecule has 3 aromatic rings. The van der Waals surface area contributed by atoms with E-state index in [1.54, 1.807) is 26.2 Å². The van der Waals surface area contributed by atoms with Gasteiger partial charge in [-0.05, 0) is 33.4 Å². The predicted molar refractivity (Wildman–Crippen MR) is 72.4 cm³/mol. The molecular formula is C11H13N10O+. The SMILES string of the molecule is CC(=O)Nc1cc(-c2nnnn2C)cc(-n2nnn[n+]2C)c1. The van der Waals surface area contributed by atoms with Crippen molar-refractivity contribution in [3.63, 3.8) is 0 Å². The quantitative estimate of drug-likeness (QED) is 0.593. The molecule has 0 saturated heterocycles. The van der Waals surface area contributed by atoms with Gasteiger partial charge in [-0.3, -0.25) is 4.79 Å². The molecule has 1 amide bonds. The van der Waals surface area contributed by atoms with E-state index in [4.69, 9.17) is 0 Å². The topological polar surface area (TPSA) is 120 Å². The number of benzene rings is 1. The number of hydrogen-bond donors (Lipinski definition) is 1. The lowest BCUT2D eigenvalue weighted by Crippen LogP contribution is -2.41. The van der Waals surface area contributed by atoms with Crippen LogP contribution in [0.3, 0.4) is 0 Å². The Labute approximate surface area is 124 Å². The molecule has 3 rings (SSSR count). The van der Waals surface area contributed by atoms with E-state index in [1.807, 2.05) is 6.07 Å². The molecular weight excluding hydrogens is 288 g/mol. The average Bonchev–Trinajstić information content (AvgIpc) is 3.06. The second kappa shape index (κ2) is 5.27. The second-order valence-corrected chi connectivity index (χ2v) is 4.62. The Morgan fingerprint density at radius 3 is 2.64 bits per heavy atom. The molecule has 11 nitrogen and oxygen atoms in total. The van der Waals surface area contributed by atoms with Gasteiger partial charge < -0.3 is 5.32 Å². The molecule has 0 aliphatic carbocycles. The van der Waals surface area contributed by atoms with Gasteiger partial charge in [-0.1, -0.05) is 4.80 Å². The number of aryl methyl sites for hydroxylation is 2. The van der Waals surface area contributed by atoms with Crippen molar-refractivity contribution in [2.24, 2.45) is 14.1 Å². The van der Waals surface area contributed by atoms with Crippen LogP contribution >= 0.6 is 0 Å². The van der Waals surface area contributed by atoms with Gasteiger partial charge in [-0.25, -0.2) is 4.68 Å². The maximum atomic E-state index is 11.3. The van der Waals surface area contributed by atoms with Crippen molar-refractivity contribution in [3.05, 3.63) is 18.2 Å². The lowest BCUT2D eigenvalue weighted by Gasteiger charge is -2.07. The molecule has 2 aromatic heterocycles. The Morgan fingerprint density at radius 2 is 2.05 bits per heavy atom. The summed E-state index contributed by atoms with van der Waals surface area (Å²) >= 11 is 0. The number of rotatable bonds is 3.